The Hall–Kier alpha value is -3.60. The van der Waals surface area contributed by atoms with Gasteiger partial charge in [0.05, 0.1) is 0 Å². The van der Waals surface area contributed by atoms with Gasteiger partial charge in [-0.2, -0.15) is 0 Å². The summed E-state index contributed by atoms with van der Waals surface area (Å²) in [6.45, 7) is 5.04. The molecule has 5 heteroatoms. The number of rotatable bonds is 8. The van der Waals surface area contributed by atoms with E-state index in [4.69, 9.17) is 4.74 Å². The summed E-state index contributed by atoms with van der Waals surface area (Å²) in [6, 6.07) is 24.5. The van der Waals surface area contributed by atoms with Crippen LogP contribution in [-0.2, 0) is 4.79 Å². The highest BCUT2D eigenvalue weighted by Crippen LogP contribution is 2.29. The van der Waals surface area contributed by atoms with Crippen molar-refractivity contribution < 1.29 is 14.3 Å². The lowest BCUT2D eigenvalue weighted by Gasteiger charge is -2.19. The zero-order valence-electron chi connectivity index (χ0n) is 17.3. The molecule has 0 aromatic heterocycles. The Balaban J connectivity index is 1.65. The van der Waals surface area contributed by atoms with E-state index in [0.29, 0.717) is 30.1 Å². The molecule has 0 aliphatic rings. The van der Waals surface area contributed by atoms with Crippen LogP contribution < -0.4 is 10.1 Å². The predicted molar refractivity (Wildman–Crippen MR) is 120 cm³/mol. The third-order valence-corrected chi connectivity index (χ3v) is 4.77. The number of carbonyl (C=O) groups is 2. The summed E-state index contributed by atoms with van der Waals surface area (Å²) in [4.78, 5) is 26.7. The summed E-state index contributed by atoms with van der Waals surface area (Å²) in [5.74, 6) is 0.304. The molecule has 0 saturated carbocycles. The zero-order valence-corrected chi connectivity index (χ0v) is 17.3. The van der Waals surface area contributed by atoms with Crippen LogP contribution in [0.25, 0.3) is 11.1 Å². The van der Waals surface area contributed by atoms with E-state index in [1.54, 1.807) is 29.2 Å². The van der Waals surface area contributed by atoms with Gasteiger partial charge in [0.25, 0.3) is 11.8 Å². The van der Waals surface area contributed by atoms with Crippen molar-refractivity contribution in [3.05, 3.63) is 84.4 Å². The Morgan fingerprint density at radius 2 is 1.57 bits per heavy atom. The first-order chi connectivity index (χ1) is 14.6. The molecule has 3 aromatic carbocycles. The summed E-state index contributed by atoms with van der Waals surface area (Å²) in [5.41, 5.74) is 3.07. The fourth-order valence-corrected chi connectivity index (χ4v) is 3.21. The third-order valence-electron chi connectivity index (χ3n) is 4.77. The van der Waals surface area contributed by atoms with Crippen molar-refractivity contribution in [1.82, 2.24) is 4.90 Å². The first-order valence-electron chi connectivity index (χ1n) is 10.1. The van der Waals surface area contributed by atoms with E-state index >= 15 is 0 Å². The summed E-state index contributed by atoms with van der Waals surface area (Å²) < 4.78 is 5.79. The first-order valence-corrected chi connectivity index (χ1v) is 10.1. The molecule has 0 heterocycles. The molecule has 30 heavy (non-hydrogen) atoms. The van der Waals surface area contributed by atoms with E-state index in [0.717, 1.165) is 11.1 Å². The maximum atomic E-state index is 12.5. The standard InChI is InChI=1S/C25H26N2O3/c1-3-27(4-2)25(29)20-13-10-14-21(17-20)26-24(28)18-30-23-16-9-8-15-22(23)19-11-6-5-7-12-19/h5-17H,3-4,18H2,1-2H3,(H,26,28). The molecule has 3 rings (SSSR count). The van der Waals surface area contributed by atoms with Crippen LogP contribution in [0.15, 0.2) is 78.9 Å². The van der Waals surface area contributed by atoms with Crippen LogP contribution in [-0.4, -0.2) is 36.4 Å². The highest BCUT2D eigenvalue weighted by molar-refractivity contribution is 5.97. The zero-order chi connectivity index (χ0) is 21.3. The number of carbonyl (C=O) groups excluding carboxylic acids is 2. The molecule has 0 saturated heterocycles. The molecule has 0 bridgehead atoms. The molecule has 0 unspecified atom stereocenters. The van der Waals surface area contributed by atoms with E-state index < -0.39 is 0 Å². The molecule has 0 spiro atoms. The number of nitrogens with zero attached hydrogens (tertiary/aromatic N) is 1. The molecule has 0 aliphatic heterocycles. The quantitative estimate of drug-likeness (QED) is 0.586. The van der Waals surface area contributed by atoms with Crippen molar-refractivity contribution in [3.63, 3.8) is 0 Å². The van der Waals surface area contributed by atoms with Crippen LogP contribution in [0.2, 0.25) is 0 Å². The van der Waals surface area contributed by atoms with E-state index in [2.05, 4.69) is 5.32 Å². The van der Waals surface area contributed by atoms with Crippen molar-refractivity contribution in [1.29, 1.82) is 0 Å². The molecule has 2 amide bonds. The number of ether oxygens (including phenoxy) is 1. The van der Waals surface area contributed by atoms with Gasteiger partial charge < -0.3 is 15.0 Å². The monoisotopic (exact) mass is 402 g/mol. The topological polar surface area (TPSA) is 58.6 Å². The lowest BCUT2D eigenvalue weighted by atomic mass is 10.1. The number of hydrogen-bond donors (Lipinski definition) is 1. The van der Waals surface area contributed by atoms with Crippen LogP contribution in [0.1, 0.15) is 24.2 Å². The fourth-order valence-electron chi connectivity index (χ4n) is 3.21. The van der Waals surface area contributed by atoms with Crippen molar-refractivity contribution in [3.8, 4) is 16.9 Å². The van der Waals surface area contributed by atoms with Crippen LogP contribution >= 0.6 is 0 Å². The normalized spacial score (nSPS) is 10.3. The summed E-state index contributed by atoms with van der Waals surface area (Å²) >= 11 is 0. The molecule has 0 atom stereocenters. The van der Waals surface area contributed by atoms with Crippen molar-refractivity contribution >= 4 is 17.5 Å². The number of anilines is 1. The minimum atomic E-state index is -0.287. The van der Waals surface area contributed by atoms with E-state index in [1.807, 2.05) is 68.4 Å². The van der Waals surface area contributed by atoms with Crippen LogP contribution in [0.5, 0.6) is 5.75 Å². The van der Waals surface area contributed by atoms with Gasteiger partial charge in [0.1, 0.15) is 5.75 Å². The molecular weight excluding hydrogens is 376 g/mol. The molecule has 0 aliphatic carbocycles. The molecular formula is C25H26N2O3. The van der Waals surface area contributed by atoms with Gasteiger partial charge in [-0.3, -0.25) is 9.59 Å². The Morgan fingerprint density at radius 3 is 2.30 bits per heavy atom. The molecule has 0 radical (unpaired) electrons. The second-order valence-corrected chi connectivity index (χ2v) is 6.76. The highest BCUT2D eigenvalue weighted by atomic mass is 16.5. The lowest BCUT2D eigenvalue weighted by molar-refractivity contribution is -0.118. The minimum absolute atomic E-state index is 0.0517. The van der Waals surface area contributed by atoms with Crippen LogP contribution in [0.3, 0.4) is 0 Å². The second kappa shape index (κ2) is 10.3. The van der Waals surface area contributed by atoms with E-state index in [1.165, 1.54) is 0 Å². The van der Waals surface area contributed by atoms with Gasteiger partial charge in [-0.25, -0.2) is 0 Å². The highest BCUT2D eigenvalue weighted by Gasteiger charge is 2.14. The van der Waals surface area contributed by atoms with E-state index in [-0.39, 0.29) is 18.4 Å². The molecule has 5 nitrogen and oxygen atoms in total. The van der Waals surface area contributed by atoms with Gasteiger partial charge in [-0.15, -0.1) is 0 Å². The van der Waals surface area contributed by atoms with Crippen molar-refractivity contribution in [2.75, 3.05) is 25.0 Å². The summed E-state index contributed by atoms with van der Waals surface area (Å²) in [7, 11) is 0. The fraction of sp³-hybridized carbons (Fsp3) is 0.200. The van der Waals surface area contributed by atoms with Crippen LogP contribution in [0.4, 0.5) is 5.69 Å². The number of para-hydroxylation sites is 1. The maximum absolute atomic E-state index is 12.5. The SMILES string of the molecule is CCN(CC)C(=O)c1cccc(NC(=O)COc2ccccc2-c2ccccc2)c1. The molecule has 3 aromatic rings. The average Bonchev–Trinajstić information content (AvgIpc) is 2.79. The average molecular weight is 402 g/mol. The van der Waals surface area contributed by atoms with Gasteiger partial charge in [-0.05, 0) is 43.7 Å². The Kier molecular flexibility index (Phi) is 7.22. The lowest BCUT2D eigenvalue weighted by Crippen LogP contribution is -2.30. The van der Waals surface area contributed by atoms with Crippen molar-refractivity contribution in [2.45, 2.75) is 13.8 Å². The van der Waals surface area contributed by atoms with Gasteiger partial charge in [0.2, 0.25) is 0 Å². The van der Waals surface area contributed by atoms with Gasteiger partial charge in [0, 0.05) is 29.9 Å². The summed E-state index contributed by atoms with van der Waals surface area (Å²) in [5, 5.41) is 2.81. The van der Waals surface area contributed by atoms with Gasteiger partial charge >= 0.3 is 0 Å². The molecule has 1 N–H and O–H groups in total. The first kappa shape index (κ1) is 21.1. The summed E-state index contributed by atoms with van der Waals surface area (Å²) in [6.07, 6.45) is 0. The van der Waals surface area contributed by atoms with E-state index in [9.17, 15) is 9.59 Å². The number of hydrogen-bond acceptors (Lipinski definition) is 3. The number of benzene rings is 3. The minimum Gasteiger partial charge on any atom is -0.483 e. The van der Waals surface area contributed by atoms with Crippen molar-refractivity contribution in [2.24, 2.45) is 0 Å². The smallest absolute Gasteiger partial charge is 0.262 e. The number of nitrogens with one attached hydrogen (secondary N) is 1. The largest absolute Gasteiger partial charge is 0.483 e. The maximum Gasteiger partial charge on any atom is 0.262 e. The number of amides is 2. The Morgan fingerprint density at radius 1 is 0.867 bits per heavy atom. The molecule has 154 valence electrons. The Labute approximate surface area is 177 Å². The third kappa shape index (κ3) is 5.26. The predicted octanol–water partition coefficient (Wildman–Crippen LogP) is 4.85. The molecule has 0 fully saturated rings. The Bertz CT molecular complexity index is 998. The van der Waals surface area contributed by atoms with Gasteiger partial charge in [-0.1, -0.05) is 54.6 Å². The second-order valence-electron chi connectivity index (χ2n) is 6.76. The van der Waals surface area contributed by atoms with Crippen LogP contribution in [0, 0.1) is 0 Å². The van der Waals surface area contributed by atoms with Gasteiger partial charge in [0.15, 0.2) is 6.61 Å².